The Balaban J connectivity index is 1.58. The molecule has 0 aliphatic rings. The number of nitriles is 1. The van der Waals surface area contributed by atoms with E-state index in [2.05, 4.69) is 11.1 Å². The van der Waals surface area contributed by atoms with Crippen molar-refractivity contribution in [2.75, 3.05) is 0 Å². The number of nitro groups is 1. The van der Waals surface area contributed by atoms with Gasteiger partial charge in [-0.1, -0.05) is 24.3 Å². The molecule has 0 spiro atoms. The van der Waals surface area contributed by atoms with E-state index < -0.39 is 4.92 Å². The molecule has 8 heteroatoms. The van der Waals surface area contributed by atoms with Crippen LogP contribution in [0.3, 0.4) is 0 Å². The van der Waals surface area contributed by atoms with Gasteiger partial charge in [-0.05, 0) is 36.0 Å². The third-order valence-electron chi connectivity index (χ3n) is 3.82. The number of thiazole rings is 1. The van der Waals surface area contributed by atoms with Crippen LogP contribution in [0.5, 0.6) is 0 Å². The lowest BCUT2D eigenvalue weighted by molar-refractivity contribution is -0.384. The van der Waals surface area contributed by atoms with Crippen LogP contribution < -0.4 is 0 Å². The maximum absolute atomic E-state index is 10.9. The number of hydrogen-bond acceptors (Lipinski definition) is 7. The molecular formula is C20H11N3O3S2. The first-order chi connectivity index (χ1) is 13.6. The van der Waals surface area contributed by atoms with Gasteiger partial charge in [-0.25, -0.2) is 4.98 Å². The molecule has 136 valence electrons. The molecule has 0 atom stereocenters. The summed E-state index contributed by atoms with van der Waals surface area (Å²) in [6, 6.07) is 19.6. The van der Waals surface area contributed by atoms with Crippen LogP contribution in [0.2, 0.25) is 0 Å². The van der Waals surface area contributed by atoms with Crippen molar-refractivity contribution in [1.29, 1.82) is 5.26 Å². The lowest BCUT2D eigenvalue weighted by Crippen LogP contribution is -1.87. The van der Waals surface area contributed by atoms with Crippen LogP contribution in [0.1, 0.15) is 5.76 Å². The van der Waals surface area contributed by atoms with Gasteiger partial charge < -0.3 is 4.42 Å². The fraction of sp³-hybridized carbons (Fsp3) is 0. The molecular weight excluding hydrogens is 394 g/mol. The molecule has 4 rings (SSSR count). The average molecular weight is 405 g/mol. The highest BCUT2D eigenvalue weighted by molar-refractivity contribution is 8.05. The van der Waals surface area contributed by atoms with E-state index >= 15 is 0 Å². The fourth-order valence-corrected chi connectivity index (χ4v) is 4.52. The molecule has 28 heavy (non-hydrogen) atoms. The van der Waals surface area contributed by atoms with Gasteiger partial charge in [0.25, 0.3) is 5.69 Å². The van der Waals surface area contributed by atoms with Crippen LogP contribution in [0.25, 0.3) is 27.6 Å². The first-order valence-corrected chi connectivity index (χ1v) is 9.75. The van der Waals surface area contributed by atoms with Crippen LogP contribution >= 0.6 is 23.1 Å². The maximum atomic E-state index is 10.9. The topological polar surface area (TPSA) is 93.0 Å². The van der Waals surface area contributed by atoms with Crippen molar-refractivity contribution in [1.82, 2.24) is 4.98 Å². The molecule has 4 aromatic rings. The number of aromatic nitrogens is 1. The molecule has 0 bridgehead atoms. The van der Waals surface area contributed by atoms with Crippen molar-refractivity contribution in [3.05, 3.63) is 81.4 Å². The number of fused-ring (bicyclic) bond motifs is 1. The van der Waals surface area contributed by atoms with Gasteiger partial charge in [-0.15, -0.1) is 11.3 Å². The lowest BCUT2D eigenvalue weighted by Gasteiger charge is -1.97. The quantitative estimate of drug-likeness (QED) is 0.172. The Labute approximate surface area is 167 Å². The summed E-state index contributed by atoms with van der Waals surface area (Å²) in [5, 5.41) is 20.4. The minimum atomic E-state index is -0.449. The second-order valence-corrected chi connectivity index (χ2v) is 8.00. The van der Waals surface area contributed by atoms with Gasteiger partial charge in [0, 0.05) is 23.8 Å². The van der Waals surface area contributed by atoms with Gasteiger partial charge in [0.2, 0.25) is 0 Å². The molecule has 0 saturated heterocycles. The second kappa shape index (κ2) is 7.68. The third kappa shape index (κ3) is 3.81. The van der Waals surface area contributed by atoms with Crippen molar-refractivity contribution >= 4 is 45.1 Å². The van der Waals surface area contributed by atoms with Gasteiger partial charge in [0.15, 0.2) is 4.34 Å². The van der Waals surface area contributed by atoms with Gasteiger partial charge in [0.1, 0.15) is 17.6 Å². The fourth-order valence-electron chi connectivity index (χ4n) is 2.56. The smallest absolute Gasteiger partial charge is 0.270 e. The predicted molar refractivity (Wildman–Crippen MR) is 110 cm³/mol. The Kier molecular flexibility index (Phi) is 4.93. The van der Waals surface area contributed by atoms with Gasteiger partial charge in [-0.3, -0.25) is 10.1 Å². The number of allylic oxidation sites excluding steroid dienone is 1. The zero-order valence-corrected chi connectivity index (χ0v) is 15.9. The number of furan rings is 1. The standard InChI is InChI=1S/C20H11N3O3S2/c21-12-16(27-20-22-17-6-1-2-7-19(17)28-20)11-15-8-9-18(26-15)13-4-3-5-14(10-13)23(24)25/h1-11H. The summed E-state index contributed by atoms with van der Waals surface area (Å²) in [4.78, 5) is 15.4. The van der Waals surface area contributed by atoms with Crippen LogP contribution in [0.4, 0.5) is 5.69 Å². The van der Waals surface area contributed by atoms with Crippen LogP contribution in [0.15, 0.2) is 74.3 Å². The van der Waals surface area contributed by atoms with Crippen molar-refractivity contribution in [3.63, 3.8) is 0 Å². The molecule has 0 saturated carbocycles. The first-order valence-electron chi connectivity index (χ1n) is 8.12. The normalized spacial score (nSPS) is 11.5. The van der Waals surface area contributed by atoms with Crippen molar-refractivity contribution in [2.45, 2.75) is 4.34 Å². The number of benzene rings is 2. The second-order valence-electron chi connectivity index (χ2n) is 5.68. The summed E-state index contributed by atoms with van der Waals surface area (Å²) < 4.78 is 7.59. The molecule has 0 fully saturated rings. The monoisotopic (exact) mass is 405 g/mol. The van der Waals surface area contributed by atoms with Crippen molar-refractivity contribution in [2.24, 2.45) is 0 Å². The summed E-state index contributed by atoms with van der Waals surface area (Å²) in [7, 11) is 0. The first kappa shape index (κ1) is 18.0. The molecule has 0 N–H and O–H groups in total. The molecule has 2 aromatic heterocycles. The van der Waals surface area contributed by atoms with E-state index in [0.717, 1.165) is 14.6 Å². The van der Waals surface area contributed by atoms with Gasteiger partial charge in [0.05, 0.1) is 20.0 Å². The highest BCUT2D eigenvalue weighted by atomic mass is 32.2. The summed E-state index contributed by atoms with van der Waals surface area (Å²) >= 11 is 2.80. The molecule has 0 aliphatic carbocycles. The van der Waals surface area contributed by atoms with E-state index in [1.807, 2.05) is 24.3 Å². The largest absolute Gasteiger partial charge is 0.457 e. The maximum Gasteiger partial charge on any atom is 0.270 e. The molecule has 0 aliphatic heterocycles. The molecule has 0 unspecified atom stereocenters. The van der Waals surface area contributed by atoms with E-state index in [0.29, 0.717) is 22.0 Å². The summed E-state index contributed by atoms with van der Waals surface area (Å²) in [5.41, 5.74) is 1.50. The number of hydrogen-bond donors (Lipinski definition) is 0. The van der Waals surface area contributed by atoms with Crippen molar-refractivity contribution in [3.8, 4) is 17.4 Å². The Morgan fingerprint density at radius 2 is 2.07 bits per heavy atom. The highest BCUT2D eigenvalue weighted by Gasteiger charge is 2.11. The van der Waals surface area contributed by atoms with E-state index in [-0.39, 0.29) is 5.69 Å². The SMILES string of the molecule is N#CC(=Cc1ccc(-c2cccc([N+](=O)[O-])c2)o1)Sc1nc2ccccc2s1. The van der Waals surface area contributed by atoms with Gasteiger partial charge in [-0.2, -0.15) is 5.26 Å². The third-order valence-corrected chi connectivity index (χ3v) is 5.85. The van der Waals surface area contributed by atoms with Gasteiger partial charge >= 0.3 is 0 Å². The molecule has 0 radical (unpaired) electrons. The number of para-hydroxylation sites is 1. The Bertz CT molecular complexity index is 1220. The average Bonchev–Trinajstić information content (AvgIpc) is 3.34. The number of non-ortho nitro benzene ring substituents is 1. The zero-order chi connectivity index (χ0) is 19.5. The molecule has 0 amide bonds. The summed E-state index contributed by atoms with van der Waals surface area (Å²) in [6.07, 6.45) is 1.64. The number of thioether (sulfide) groups is 1. The Morgan fingerprint density at radius 1 is 1.21 bits per heavy atom. The highest BCUT2D eigenvalue weighted by Crippen LogP contribution is 2.35. The minimum absolute atomic E-state index is 0.00454. The number of nitro benzene ring substituents is 1. The van der Waals surface area contributed by atoms with E-state index in [1.54, 1.807) is 30.3 Å². The Hall–Kier alpha value is -3.41. The molecule has 2 heterocycles. The van der Waals surface area contributed by atoms with Crippen molar-refractivity contribution < 1.29 is 9.34 Å². The number of nitrogens with zero attached hydrogens (tertiary/aromatic N) is 3. The van der Waals surface area contributed by atoms with Crippen LogP contribution in [0, 0.1) is 21.4 Å². The summed E-state index contributed by atoms with van der Waals surface area (Å²) in [5.74, 6) is 0.990. The Morgan fingerprint density at radius 3 is 2.86 bits per heavy atom. The molecule has 6 nitrogen and oxygen atoms in total. The van der Waals surface area contributed by atoms with Crippen LogP contribution in [-0.4, -0.2) is 9.91 Å². The minimum Gasteiger partial charge on any atom is -0.457 e. The van der Waals surface area contributed by atoms with E-state index in [9.17, 15) is 15.4 Å². The van der Waals surface area contributed by atoms with E-state index in [4.69, 9.17) is 4.42 Å². The lowest BCUT2D eigenvalue weighted by atomic mass is 10.1. The number of rotatable bonds is 5. The summed E-state index contributed by atoms with van der Waals surface area (Å²) in [6.45, 7) is 0. The predicted octanol–water partition coefficient (Wildman–Crippen LogP) is 6.12. The molecule has 2 aromatic carbocycles. The van der Waals surface area contributed by atoms with Crippen LogP contribution in [-0.2, 0) is 0 Å². The zero-order valence-electron chi connectivity index (χ0n) is 14.2. The van der Waals surface area contributed by atoms with E-state index in [1.165, 1.54) is 35.2 Å².